The Morgan fingerprint density at radius 1 is 0.705 bits per heavy atom. The topological polar surface area (TPSA) is 152 Å². The van der Waals surface area contributed by atoms with Crippen LogP contribution in [0.25, 0.3) is 0 Å². The minimum Gasteiger partial charge on any atom is -0.469 e. The molecule has 0 radical (unpaired) electrons. The number of carbonyl (C=O) groups excluding carboxylic acids is 5. The molecule has 1 N–H and O–H groups in total. The van der Waals surface area contributed by atoms with E-state index >= 15 is 0 Å². The van der Waals surface area contributed by atoms with Crippen molar-refractivity contribution in [3.05, 3.63) is 23.3 Å². The zero-order chi connectivity index (χ0) is 34.1. The summed E-state index contributed by atoms with van der Waals surface area (Å²) in [5, 5.41) is 10.4. The summed E-state index contributed by atoms with van der Waals surface area (Å²) in [4.78, 5) is 62.6. The summed E-state index contributed by atoms with van der Waals surface area (Å²) in [5.74, 6) is -6.12. The zero-order valence-corrected chi connectivity index (χ0v) is 28.3. The molecule has 0 saturated heterocycles. The molecule has 44 heavy (non-hydrogen) atoms. The van der Waals surface area contributed by atoms with E-state index in [1.165, 1.54) is 26.9 Å². The third-order valence-electron chi connectivity index (χ3n) is 7.66. The second kappa shape index (κ2) is 20.7. The van der Waals surface area contributed by atoms with E-state index in [9.17, 15) is 29.1 Å². The maximum absolute atomic E-state index is 13.1. The molecule has 11 heteroatoms. The molecule has 11 nitrogen and oxygen atoms in total. The Balaban J connectivity index is 5.85. The lowest BCUT2D eigenvalue weighted by atomic mass is 9.84. The van der Waals surface area contributed by atoms with Crippen LogP contribution in [0.15, 0.2) is 23.3 Å². The molecule has 0 aromatic rings. The van der Waals surface area contributed by atoms with Gasteiger partial charge < -0.3 is 28.8 Å². The number of esters is 5. The molecule has 0 aliphatic rings. The van der Waals surface area contributed by atoms with Crippen LogP contribution in [0, 0.1) is 35.5 Å². The Kier molecular flexibility index (Phi) is 19.2. The monoisotopic (exact) mass is 626 g/mol. The van der Waals surface area contributed by atoms with Crippen molar-refractivity contribution >= 4 is 29.8 Å². The summed E-state index contributed by atoms with van der Waals surface area (Å²) in [6.07, 6.45) is 3.91. The number of hydrogen-bond acceptors (Lipinski definition) is 11. The number of hydrogen-bond donors (Lipinski definition) is 1. The highest BCUT2D eigenvalue weighted by atomic mass is 16.6. The minimum absolute atomic E-state index is 0.120. The Bertz CT molecular complexity index is 1020. The van der Waals surface area contributed by atoms with E-state index in [1.54, 1.807) is 6.08 Å². The van der Waals surface area contributed by atoms with E-state index in [0.29, 0.717) is 17.8 Å². The maximum Gasteiger partial charge on any atom is 0.348 e. The number of methoxy groups -OCH3 is 4. The van der Waals surface area contributed by atoms with Crippen LogP contribution in [-0.4, -0.2) is 75.6 Å². The van der Waals surface area contributed by atoms with Gasteiger partial charge in [0.2, 0.25) is 6.10 Å². The number of rotatable bonds is 19. The molecule has 0 saturated carbocycles. The van der Waals surface area contributed by atoms with Crippen LogP contribution in [0.4, 0.5) is 0 Å². The van der Waals surface area contributed by atoms with Crippen LogP contribution in [0.5, 0.6) is 0 Å². The first-order chi connectivity index (χ1) is 20.6. The highest BCUT2D eigenvalue weighted by Gasteiger charge is 2.47. The number of aliphatic hydroxyl groups excluding tert-OH is 1. The van der Waals surface area contributed by atoms with E-state index < -0.39 is 53.9 Å². The van der Waals surface area contributed by atoms with Gasteiger partial charge in [-0.25, -0.2) is 14.4 Å². The lowest BCUT2D eigenvalue weighted by Crippen LogP contribution is -2.49. The van der Waals surface area contributed by atoms with Gasteiger partial charge in [0.25, 0.3) is 0 Å². The van der Waals surface area contributed by atoms with Crippen LogP contribution in [0.1, 0.15) is 80.6 Å². The molecule has 252 valence electrons. The van der Waals surface area contributed by atoms with Crippen molar-refractivity contribution in [1.29, 1.82) is 0 Å². The van der Waals surface area contributed by atoms with Crippen molar-refractivity contribution in [2.75, 3.05) is 28.4 Å². The van der Waals surface area contributed by atoms with Crippen LogP contribution in [0.3, 0.4) is 0 Å². The first kappa shape index (κ1) is 40.8. The lowest BCUT2D eigenvalue weighted by molar-refractivity contribution is -0.186. The summed E-state index contributed by atoms with van der Waals surface area (Å²) < 4.78 is 23.9. The third-order valence-corrected chi connectivity index (χ3v) is 7.66. The number of allylic oxidation sites excluding steroid dienone is 3. The molecule has 0 aromatic heterocycles. The van der Waals surface area contributed by atoms with E-state index in [1.807, 2.05) is 6.92 Å². The molecule has 0 aliphatic carbocycles. The average Bonchev–Trinajstić information content (AvgIpc) is 2.97. The summed E-state index contributed by atoms with van der Waals surface area (Å²) in [5.41, 5.74) is 1.01. The largest absolute Gasteiger partial charge is 0.469 e. The zero-order valence-electron chi connectivity index (χ0n) is 28.3. The van der Waals surface area contributed by atoms with Crippen molar-refractivity contribution in [3.8, 4) is 0 Å². The average molecular weight is 627 g/mol. The summed E-state index contributed by atoms with van der Waals surface area (Å²) in [6, 6.07) is 0. The Morgan fingerprint density at radius 2 is 1.23 bits per heavy atom. The summed E-state index contributed by atoms with van der Waals surface area (Å²) in [6.45, 7) is 14.5. The minimum atomic E-state index is -2.19. The first-order valence-electron chi connectivity index (χ1n) is 15.2. The van der Waals surface area contributed by atoms with Crippen molar-refractivity contribution in [2.24, 2.45) is 35.5 Å². The molecule has 0 rings (SSSR count). The van der Waals surface area contributed by atoms with Gasteiger partial charge >= 0.3 is 29.8 Å². The Hall–Kier alpha value is -3.21. The number of ether oxygens (including phenoxy) is 5. The predicted molar refractivity (Wildman–Crippen MR) is 164 cm³/mol. The Labute approximate surface area is 262 Å². The van der Waals surface area contributed by atoms with E-state index in [2.05, 4.69) is 54.9 Å². The van der Waals surface area contributed by atoms with E-state index in [0.717, 1.165) is 39.7 Å². The highest BCUT2D eigenvalue weighted by molar-refractivity contribution is 5.92. The van der Waals surface area contributed by atoms with Gasteiger partial charge in [-0.2, -0.15) is 0 Å². The summed E-state index contributed by atoms with van der Waals surface area (Å²) >= 11 is 0. The van der Waals surface area contributed by atoms with Gasteiger partial charge in [0.1, 0.15) is 5.92 Å². The van der Waals surface area contributed by atoms with Crippen LogP contribution in [-0.2, 0) is 47.7 Å². The summed E-state index contributed by atoms with van der Waals surface area (Å²) in [7, 11) is 4.14. The van der Waals surface area contributed by atoms with Crippen molar-refractivity contribution < 1.29 is 52.8 Å². The SMILES string of the molecule is CCC(C)CC(C)CC(C)CC(C)/C=C(C)/C=C(/CC(C)C(=O)OC(C(=O)OC)C(C(=O)OC)C(O)C(=O)OC)C(=O)OC. The molecule has 0 heterocycles. The number of aliphatic hydroxyl groups is 1. The van der Waals surface area contributed by atoms with Gasteiger partial charge in [0.15, 0.2) is 6.10 Å². The second-order valence-corrected chi connectivity index (χ2v) is 12.0. The predicted octanol–water partition coefficient (Wildman–Crippen LogP) is 4.59. The second-order valence-electron chi connectivity index (χ2n) is 12.0. The standard InChI is InChI=1S/C33H54O11/c1-12-19(2)13-20(3)14-21(4)15-22(5)16-23(6)17-25(30(36)40-8)18-24(7)29(35)44-28(33(39)43-11)26(31(37)41-9)27(34)32(38)42-10/h16-17,19-22,24,26-28,34H,12-15,18H2,1-11H3/b23-16+,25-17-. The lowest BCUT2D eigenvalue weighted by Gasteiger charge is -2.26. The molecular weight excluding hydrogens is 572 g/mol. The van der Waals surface area contributed by atoms with Crippen molar-refractivity contribution in [2.45, 2.75) is 92.8 Å². The smallest absolute Gasteiger partial charge is 0.348 e. The van der Waals surface area contributed by atoms with E-state index in [4.69, 9.17) is 9.47 Å². The normalized spacial score (nSPS) is 17.5. The van der Waals surface area contributed by atoms with Crippen LogP contribution >= 0.6 is 0 Å². The van der Waals surface area contributed by atoms with Gasteiger partial charge in [-0.3, -0.25) is 9.59 Å². The van der Waals surface area contributed by atoms with E-state index in [-0.39, 0.29) is 17.9 Å². The highest BCUT2D eigenvalue weighted by Crippen LogP contribution is 2.27. The third kappa shape index (κ3) is 14.1. The molecule has 8 unspecified atom stereocenters. The fourth-order valence-electron chi connectivity index (χ4n) is 5.40. The molecule has 0 aromatic carbocycles. The van der Waals surface area contributed by atoms with Crippen molar-refractivity contribution in [3.63, 3.8) is 0 Å². The fourth-order valence-corrected chi connectivity index (χ4v) is 5.40. The maximum atomic E-state index is 13.1. The van der Waals surface area contributed by atoms with Gasteiger partial charge in [-0.15, -0.1) is 0 Å². The van der Waals surface area contributed by atoms with Crippen molar-refractivity contribution in [1.82, 2.24) is 0 Å². The Morgan fingerprint density at radius 3 is 1.73 bits per heavy atom. The molecule has 0 aliphatic heterocycles. The first-order valence-corrected chi connectivity index (χ1v) is 15.2. The van der Waals surface area contributed by atoms with Gasteiger partial charge in [0, 0.05) is 5.57 Å². The molecule has 0 amide bonds. The number of carbonyl (C=O) groups is 5. The van der Waals surface area contributed by atoms with Gasteiger partial charge in [-0.05, 0) is 62.4 Å². The molecule has 8 atom stereocenters. The molecular formula is C33H54O11. The fraction of sp³-hybridized carbons (Fsp3) is 0.727. The molecule has 0 fully saturated rings. The quantitative estimate of drug-likeness (QED) is 0.0927. The molecule has 0 spiro atoms. The van der Waals surface area contributed by atoms with Crippen LogP contribution < -0.4 is 0 Å². The van der Waals surface area contributed by atoms with Crippen LogP contribution in [0.2, 0.25) is 0 Å². The van der Waals surface area contributed by atoms with Gasteiger partial charge in [-0.1, -0.05) is 59.6 Å². The molecule has 0 bridgehead atoms. The van der Waals surface area contributed by atoms with Gasteiger partial charge in [0.05, 0.1) is 34.4 Å².